The molecule has 2 aromatic carbocycles. The van der Waals surface area contributed by atoms with Crippen molar-refractivity contribution < 1.29 is 19.1 Å². The second-order valence-corrected chi connectivity index (χ2v) is 7.13. The van der Waals surface area contributed by atoms with Crippen LogP contribution in [0.2, 0.25) is 0 Å². The Hall–Kier alpha value is -2.82. The molecule has 0 aliphatic carbocycles. The molecule has 26 heavy (non-hydrogen) atoms. The van der Waals surface area contributed by atoms with Gasteiger partial charge in [0.2, 0.25) is 0 Å². The van der Waals surface area contributed by atoms with Crippen LogP contribution in [-0.4, -0.2) is 25.6 Å². The Bertz CT molecular complexity index is 789. The maximum Gasteiger partial charge on any atom is 0.337 e. The van der Waals surface area contributed by atoms with E-state index in [1.165, 1.54) is 12.7 Å². The second kappa shape index (κ2) is 8.04. The van der Waals surface area contributed by atoms with E-state index >= 15 is 0 Å². The van der Waals surface area contributed by atoms with Gasteiger partial charge in [-0.15, -0.1) is 0 Å². The first kappa shape index (κ1) is 19.5. The fourth-order valence-electron chi connectivity index (χ4n) is 2.39. The van der Waals surface area contributed by atoms with E-state index in [1.807, 2.05) is 31.2 Å². The summed E-state index contributed by atoms with van der Waals surface area (Å²) in [5, 5.41) is 2.76. The van der Waals surface area contributed by atoms with Crippen molar-refractivity contribution in [3.63, 3.8) is 0 Å². The van der Waals surface area contributed by atoms with Gasteiger partial charge in [0.25, 0.3) is 5.91 Å². The molecule has 0 unspecified atom stereocenters. The van der Waals surface area contributed by atoms with Crippen molar-refractivity contribution in [2.24, 2.45) is 0 Å². The molecule has 0 spiro atoms. The van der Waals surface area contributed by atoms with Gasteiger partial charge in [-0.1, -0.05) is 39.0 Å². The highest BCUT2D eigenvalue weighted by Gasteiger charge is 2.14. The van der Waals surface area contributed by atoms with Crippen molar-refractivity contribution in [3.05, 3.63) is 59.2 Å². The predicted octanol–water partition coefficient (Wildman–Crippen LogP) is 4.10. The smallest absolute Gasteiger partial charge is 0.337 e. The van der Waals surface area contributed by atoms with E-state index in [-0.39, 0.29) is 17.9 Å². The molecule has 0 saturated carbocycles. The van der Waals surface area contributed by atoms with E-state index in [9.17, 15) is 9.59 Å². The van der Waals surface area contributed by atoms with E-state index in [1.54, 1.807) is 18.2 Å². The first-order chi connectivity index (χ1) is 12.2. The molecular weight excluding hydrogens is 330 g/mol. The summed E-state index contributed by atoms with van der Waals surface area (Å²) in [6.45, 7) is 8.16. The molecule has 138 valence electrons. The van der Waals surface area contributed by atoms with E-state index in [2.05, 4.69) is 26.1 Å². The lowest BCUT2D eigenvalue weighted by atomic mass is 9.87. The van der Waals surface area contributed by atoms with E-state index in [4.69, 9.17) is 9.47 Å². The fourth-order valence-corrected chi connectivity index (χ4v) is 2.39. The third kappa shape index (κ3) is 5.09. The lowest BCUT2D eigenvalue weighted by molar-refractivity contribution is -0.118. The highest BCUT2D eigenvalue weighted by Crippen LogP contribution is 2.24. The summed E-state index contributed by atoms with van der Waals surface area (Å²) >= 11 is 0. The second-order valence-electron chi connectivity index (χ2n) is 7.13. The van der Waals surface area contributed by atoms with Gasteiger partial charge in [-0.25, -0.2) is 4.79 Å². The Labute approximate surface area is 154 Å². The van der Waals surface area contributed by atoms with Crippen LogP contribution in [0.25, 0.3) is 0 Å². The lowest BCUT2D eigenvalue weighted by Gasteiger charge is -2.19. The minimum atomic E-state index is -0.448. The Morgan fingerprint density at radius 1 is 1.04 bits per heavy atom. The van der Waals surface area contributed by atoms with Crippen LogP contribution >= 0.6 is 0 Å². The quantitative estimate of drug-likeness (QED) is 0.820. The number of hydrogen-bond donors (Lipinski definition) is 1. The monoisotopic (exact) mass is 355 g/mol. The third-order valence-electron chi connectivity index (χ3n) is 4.02. The number of benzene rings is 2. The van der Waals surface area contributed by atoms with Gasteiger partial charge in [-0.2, -0.15) is 0 Å². The SMILES string of the molecule is COC(=O)c1ccc(C)c(NC(=O)COc2ccc(C(C)(C)C)cc2)c1. The standard InChI is InChI=1S/C21H25NO4/c1-14-6-7-15(20(24)25-5)12-18(14)22-19(23)13-26-17-10-8-16(9-11-17)21(2,3)4/h6-12H,13H2,1-5H3,(H,22,23). The van der Waals surface area contributed by atoms with Crippen molar-refractivity contribution in [3.8, 4) is 5.75 Å². The number of ether oxygens (including phenoxy) is 2. The van der Waals surface area contributed by atoms with E-state index < -0.39 is 5.97 Å². The molecule has 2 rings (SSSR count). The zero-order valence-electron chi connectivity index (χ0n) is 15.9. The number of nitrogens with one attached hydrogen (secondary N) is 1. The maximum absolute atomic E-state index is 12.2. The topological polar surface area (TPSA) is 64.6 Å². The van der Waals surface area contributed by atoms with Crippen LogP contribution in [0.15, 0.2) is 42.5 Å². The average Bonchev–Trinajstić information content (AvgIpc) is 2.60. The first-order valence-corrected chi connectivity index (χ1v) is 8.43. The van der Waals surface area contributed by atoms with Gasteiger partial charge in [-0.3, -0.25) is 4.79 Å². The summed E-state index contributed by atoms with van der Waals surface area (Å²) in [5.41, 5.74) is 3.06. The highest BCUT2D eigenvalue weighted by atomic mass is 16.5. The fraction of sp³-hybridized carbons (Fsp3) is 0.333. The molecule has 0 aliphatic heterocycles. The zero-order chi connectivity index (χ0) is 19.3. The molecule has 0 heterocycles. The van der Waals surface area contributed by atoms with Gasteiger partial charge in [0.05, 0.1) is 12.7 Å². The number of anilines is 1. The van der Waals surface area contributed by atoms with Crippen molar-refractivity contribution in [1.29, 1.82) is 0 Å². The van der Waals surface area contributed by atoms with Gasteiger partial charge in [0.15, 0.2) is 6.61 Å². The van der Waals surface area contributed by atoms with Gasteiger partial charge >= 0.3 is 5.97 Å². The summed E-state index contributed by atoms with van der Waals surface area (Å²) < 4.78 is 10.2. The third-order valence-corrected chi connectivity index (χ3v) is 4.02. The minimum Gasteiger partial charge on any atom is -0.484 e. The molecule has 0 fully saturated rings. The highest BCUT2D eigenvalue weighted by molar-refractivity contribution is 5.95. The maximum atomic E-state index is 12.2. The number of carbonyl (C=O) groups excluding carboxylic acids is 2. The van der Waals surface area contributed by atoms with Gasteiger partial charge in [-0.05, 0) is 47.7 Å². The number of rotatable bonds is 5. The molecule has 2 aromatic rings. The van der Waals surface area contributed by atoms with Crippen molar-refractivity contribution in [2.75, 3.05) is 19.0 Å². The average molecular weight is 355 g/mol. The number of esters is 1. The number of hydrogen-bond acceptors (Lipinski definition) is 4. The van der Waals surface area contributed by atoms with Crippen LogP contribution < -0.4 is 10.1 Å². The molecule has 0 saturated heterocycles. The van der Waals surface area contributed by atoms with E-state index in [0.29, 0.717) is 17.0 Å². The summed E-state index contributed by atoms with van der Waals surface area (Å²) in [6.07, 6.45) is 0. The molecule has 0 radical (unpaired) electrons. The normalized spacial score (nSPS) is 11.0. The van der Waals surface area contributed by atoms with Crippen LogP contribution in [-0.2, 0) is 14.9 Å². The molecule has 0 aromatic heterocycles. The molecule has 0 bridgehead atoms. The molecule has 5 nitrogen and oxygen atoms in total. The summed E-state index contributed by atoms with van der Waals surface area (Å²) in [6, 6.07) is 12.7. The van der Waals surface area contributed by atoms with Crippen LogP contribution in [0, 0.1) is 6.92 Å². The van der Waals surface area contributed by atoms with Crippen LogP contribution in [0.5, 0.6) is 5.75 Å². The van der Waals surface area contributed by atoms with Crippen molar-refractivity contribution in [2.45, 2.75) is 33.1 Å². The number of methoxy groups -OCH3 is 1. The summed E-state index contributed by atoms with van der Waals surface area (Å²) in [7, 11) is 1.32. The first-order valence-electron chi connectivity index (χ1n) is 8.43. The Morgan fingerprint density at radius 3 is 2.27 bits per heavy atom. The van der Waals surface area contributed by atoms with Crippen LogP contribution in [0.3, 0.4) is 0 Å². The number of carbonyl (C=O) groups is 2. The van der Waals surface area contributed by atoms with Crippen molar-refractivity contribution in [1.82, 2.24) is 0 Å². The molecule has 1 amide bonds. The van der Waals surface area contributed by atoms with Gasteiger partial charge in [0, 0.05) is 5.69 Å². The van der Waals surface area contributed by atoms with Crippen LogP contribution in [0.4, 0.5) is 5.69 Å². The summed E-state index contributed by atoms with van der Waals surface area (Å²) in [5.74, 6) is -0.112. The predicted molar refractivity (Wildman–Crippen MR) is 102 cm³/mol. The number of aryl methyl sites for hydroxylation is 1. The summed E-state index contributed by atoms with van der Waals surface area (Å²) in [4.78, 5) is 23.8. The lowest BCUT2D eigenvalue weighted by Crippen LogP contribution is -2.21. The van der Waals surface area contributed by atoms with Gasteiger partial charge in [0.1, 0.15) is 5.75 Å². The minimum absolute atomic E-state index is 0.0675. The Kier molecular flexibility index (Phi) is 6.03. The van der Waals surface area contributed by atoms with Gasteiger partial charge < -0.3 is 14.8 Å². The van der Waals surface area contributed by atoms with E-state index in [0.717, 1.165) is 5.56 Å². The molecule has 0 atom stereocenters. The molecular formula is C21H25NO4. The molecule has 1 N–H and O–H groups in total. The van der Waals surface area contributed by atoms with Crippen LogP contribution in [0.1, 0.15) is 42.3 Å². The molecule has 5 heteroatoms. The molecule has 0 aliphatic rings. The Morgan fingerprint density at radius 2 is 1.69 bits per heavy atom. The zero-order valence-corrected chi connectivity index (χ0v) is 15.9. The Balaban J connectivity index is 1.98. The largest absolute Gasteiger partial charge is 0.484 e. The number of amides is 1. The van der Waals surface area contributed by atoms with Crippen molar-refractivity contribution >= 4 is 17.6 Å².